The molecular weight excluding hydrogens is 456 g/mol. The minimum atomic E-state index is -1.03. The number of hydrogen-bond donors (Lipinski definition) is 2. The highest BCUT2D eigenvalue weighted by Crippen LogP contribution is 2.70. The first-order valence-electron chi connectivity index (χ1n) is 13.5. The van der Waals surface area contributed by atoms with Crippen molar-refractivity contribution in [3.63, 3.8) is 0 Å². The molecule has 0 amide bonds. The summed E-state index contributed by atoms with van der Waals surface area (Å²) in [7, 11) is 0. The molecule has 0 radical (unpaired) electrons. The number of carbonyl (C=O) groups excluding carboxylic acids is 2. The van der Waals surface area contributed by atoms with Crippen LogP contribution in [0.15, 0.2) is 35.6 Å². The molecule has 0 bridgehead atoms. The van der Waals surface area contributed by atoms with Gasteiger partial charge in [0.05, 0.1) is 6.10 Å². The monoisotopic (exact) mass is 498 g/mol. The van der Waals surface area contributed by atoms with E-state index in [1.54, 1.807) is 13.8 Å². The SMILES string of the molecule is C=C(C1=CC(=O)C(C)(C)O1)C1CC=C(C2CCC3C2(C)CCC2C(C)(C)C(=O)C(O)CC23C)C(O)O1. The number of rotatable bonds is 3. The average Bonchev–Trinajstić information content (AvgIpc) is 3.27. The number of ketones is 2. The Morgan fingerprint density at radius 1 is 1.00 bits per heavy atom. The van der Waals surface area contributed by atoms with Crippen LogP contribution in [0.3, 0.4) is 0 Å². The maximum absolute atomic E-state index is 12.9. The highest BCUT2D eigenvalue weighted by atomic mass is 16.6. The molecule has 0 saturated heterocycles. The van der Waals surface area contributed by atoms with Crippen LogP contribution in [0.5, 0.6) is 0 Å². The Bertz CT molecular complexity index is 1070. The highest BCUT2D eigenvalue weighted by molar-refractivity contribution is 5.99. The molecule has 2 N–H and O–H groups in total. The summed E-state index contributed by atoms with van der Waals surface area (Å²) >= 11 is 0. The smallest absolute Gasteiger partial charge is 0.202 e. The van der Waals surface area contributed by atoms with E-state index < -0.39 is 29.5 Å². The van der Waals surface area contributed by atoms with Crippen LogP contribution < -0.4 is 0 Å². The quantitative estimate of drug-likeness (QED) is 0.551. The van der Waals surface area contributed by atoms with Crippen LogP contribution in [0.1, 0.15) is 80.1 Å². The summed E-state index contributed by atoms with van der Waals surface area (Å²) in [6.45, 7) is 16.2. The molecule has 3 fully saturated rings. The Balaban J connectivity index is 1.37. The lowest BCUT2D eigenvalue weighted by molar-refractivity contribution is -0.176. The molecule has 2 heterocycles. The first-order valence-corrected chi connectivity index (χ1v) is 13.5. The summed E-state index contributed by atoms with van der Waals surface area (Å²) < 4.78 is 11.9. The topological polar surface area (TPSA) is 93.1 Å². The van der Waals surface area contributed by atoms with Crippen molar-refractivity contribution in [2.75, 3.05) is 0 Å². The van der Waals surface area contributed by atoms with Crippen molar-refractivity contribution in [3.8, 4) is 0 Å². The van der Waals surface area contributed by atoms with Gasteiger partial charge < -0.3 is 19.7 Å². The highest BCUT2D eigenvalue weighted by Gasteiger charge is 2.66. The van der Waals surface area contributed by atoms with Crippen molar-refractivity contribution in [2.24, 2.45) is 34.0 Å². The molecule has 36 heavy (non-hydrogen) atoms. The van der Waals surface area contributed by atoms with Gasteiger partial charge in [0, 0.05) is 17.1 Å². The third kappa shape index (κ3) is 3.54. The molecule has 6 heteroatoms. The summed E-state index contributed by atoms with van der Waals surface area (Å²) in [5.74, 6) is 1.12. The van der Waals surface area contributed by atoms with Gasteiger partial charge in [-0.2, -0.15) is 0 Å². The minimum Gasteiger partial charge on any atom is -0.479 e. The molecule has 198 valence electrons. The first kappa shape index (κ1) is 25.9. The number of ether oxygens (including phenoxy) is 2. The third-order valence-corrected chi connectivity index (χ3v) is 10.8. The minimum absolute atomic E-state index is 0.0142. The zero-order valence-corrected chi connectivity index (χ0v) is 22.6. The van der Waals surface area contributed by atoms with E-state index in [4.69, 9.17) is 9.47 Å². The van der Waals surface area contributed by atoms with Crippen LogP contribution in [-0.2, 0) is 19.1 Å². The van der Waals surface area contributed by atoms with Gasteiger partial charge in [-0.1, -0.05) is 40.3 Å². The van der Waals surface area contributed by atoms with Gasteiger partial charge in [0.15, 0.2) is 17.7 Å². The van der Waals surface area contributed by atoms with Crippen molar-refractivity contribution in [1.29, 1.82) is 0 Å². The van der Waals surface area contributed by atoms with E-state index in [2.05, 4.69) is 26.5 Å². The Morgan fingerprint density at radius 3 is 2.31 bits per heavy atom. The van der Waals surface area contributed by atoms with E-state index in [9.17, 15) is 19.8 Å². The molecule has 8 atom stereocenters. The van der Waals surface area contributed by atoms with Gasteiger partial charge in [0.1, 0.15) is 11.9 Å². The van der Waals surface area contributed by atoms with Gasteiger partial charge in [0.2, 0.25) is 5.78 Å². The lowest BCUT2D eigenvalue weighted by Gasteiger charge is -2.62. The second kappa shape index (κ2) is 8.12. The van der Waals surface area contributed by atoms with Gasteiger partial charge in [-0.3, -0.25) is 9.59 Å². The lowest BCUT2D eigenvalue weighted by Crippen LogP contribution is -2.61. The Kier molecular flexibility index (Phi) is 5.83. The van der Waals surface area contributed by atoms with Crippen molar-refractivity contribution >= 4 is 11.6 Å². The second-order valence-electron chi connectivity index (χ2n) is 13.5. The van der Waals surface area contributed by atoms with Gasteiger partial charge in [0.25, 0.3) is 0 Å². The number of aliphatic hydroxyl groups is 2. The molecule has 3 aliphatic carbocycles. The van der Waals surface area contributed by atoms with E-state index >= 15 is 0 Å². The summed E-state index contributed by atoms with van der Waals surface area (Å²) in [5.41, 5.74) is -0.0674. The van der Waals surface area contributed by atoms with Crippen LogP contribution in [0.2, 0.25) is 0 Å². The molecule has 2 aliphatic heterocycles. The van der Waals surface area contributed by atoms with E-state index in [0.717, 1.165) is 31.3 Å². The number of hydrogen-bond acceptors (Lipinski definition) is 6. The second-order valence-corrected chi connectivity index (χ2v) is 13.5. The van der Waals surface area contributed by atoms with Crippen LogP contribution in [-0.4, -0.2) is 45.9 Å². The van der Waals surface area contributed by atoms with Crippen LogP contribution in [0.4, 0.5) is 0 Å². The van der Waals surface area contributed by atoms with Crippen molar-refractivity contribution in [1.82, 2.24) is 0 Å². The third-order valence-electron chi connectivity index (χ3n) is 10.8. The predicted molar refractivity (Wildman–Crippen MR) is 136 cm³/mol. The zero-order valence-electron chi connectivity index (χ0n) is 22.6. The average molecular weight is 499 g/mol. The molecular formula is C30H42O6. The molecule has 0 aromatic heterocycles. The summed E-state index contributed by atoms with van der Waals surface area (Å²) in [4.78, 5) is 25.0. The fraction of sp³-hybridized carbons (Fsp3) is 0.733. The zero-order chi connectivity index (χ0) is 26.4. The van der Waals surface area contributed by atoms with Gasteiger partial charge in [-0.15, -0.1) is 0 Å². The summed E-state index contributed by atoms with van der Waals surface area (Å²) in [6.07, 6.45) is 6.22. The van der Waals surface area contributed by atoms with Crippen LogP contribution >= 0.6 is 0 Å². The molecule has 8 unspecified atom stereocenters. The molecule has 5 aliphatic rings. The maximum atomic E-state index is 12.9. The number of aliphatic hydroxyl groups excluding tert-OH is 2. The Labute approximate surface area is 214 Å². The summed E-state index contributed by atoms with van der Waals surface area (Å²) in [5, 5.41) is 21.9. The van der Waals surface area contributed by atoms with Gasteiger partial charge in [-0.05, 0) is 86.5 Å². The molecule has 0 aromatic carbocycles. The van der Waals surface area contributed by atoms with Crippen molar-refractivity contribution in [3.05, 3.63) is 35.6 Å². The summed E-state index contributed by atoms with van der Waals surface area (Å²) in [6, 6.07) is 0. The van der Waals surface area contributed by atoms with Gasteiger partial charge >= 0.3 is 0 Å². The molecule has 5 rings (SSSR count). The first-order chi connectivity index (χ1) is 16.6. The predicted octanol–water partition coefficient (Wildman–Crippen LogP) is 4.65. The van der Waals surface area contributed by atoms with Crippen molar-refractivity contribution < 1.29 is 29.3 Å². The van der Waals surface area contributed by atoms with Gasteiger partial charge in [-0.25, -0.2) is 0 Å². The van der Waals surface area contributed by atoms with Crippen molar-refractivity contribution in [2.45, 2.75) is 104 Å². The van der Waals surface area contributed by atoms with E-state index in [1.807, 2.05) is 13.8 Å². The molecule has 0 spiro atoms. The molecule has 3 saturated carbocycles. The Morgan fingerprint density at radius 2 is 1.69 bits per heavy atom. The number of Topliss-reactive ketones (excluding diaryl/α,β-unsaturated/α-hetero) is 1. The van der Waals surface area contributed by atoms with Crippen LogP contribution in [0.25, 0.3) is 0 Å². The van der Waals surface area contributed by atoms with E-state index in [1.165, 1.54) is 6.08 Å². The number of carbonyl (C=O) groups is 2. The van der Waals surface area contributed by atoms with E-state index in [-0.39, 0.29) is 34.2 Å². The fourth-order valence-corrected chi connectivity index (χ4v) is 8.96. The Hall–Kier alpha value is -1.76. The standard InChI is InChI=1S/C30H42O6/c1-16(21-14-24(32)28(4,5)36-21)20-10-8-17(26(34)35-20)18-9-11-23-29(18,6)13-12-22-27(2,3)25(33)19(31)15-30(22,23)7/h8,14,18-20,22-23,26,31,34H,1,9-13,15H2,2-7H3. The molecule has 6 nitrogen and oxygen atoms in total. The maximum Gasteiger partial charge on any atom is 0.202 e. The van der Waals surface area contributed by atoms with Crippen LogP contribution in [0, 0.1) is 34.0 Å². The fourth-order valence-electron chi connectivity index (χ4n) is 8.96. The lowest BCUT2D eigenvalue weighted by atomic mass is 9.42. The largest absolute Gasteiger partial charge is 0.479 e. The normalized spacial score (nSPS) is 45.3. The molecule has 0 aromatic rings. The van der Waals surface area contributed by atoms with E-state index in [0.29, 0.717) is 30.1 Å². The number of fused-ring (bicyclic) bond motifs is 3.